The molecule has 10 heteroatoms. The molecule has 1 aliphatic rings. The molecule has 2 amide bonds. The molecule has 0 bridgehead atoms. The van der Waals surface area contributed by atoms with Crippen LogP contribution in [0.2, 0.25) is 10.0 Å². The largest absolute Gasteiger partial charge is 0.490 e. The molecule has 178 valence electrons. The Kier molecular flexibility index (Phi) is 8.05. The van der Waals surface area contributed by atoms with Crippen LogP contribution in [0.15, 0.2) is 54.9 Å². The van der Waals surface area contributed by atoms with E-state index < -0.39 is 6.03 Å². The topological polar surface area (TPSA) is 100 Å². The molecule has 8 nitrogen and oxygen atoms in total. The highest BCUT2D eigenvalue weighted by Crippen LogP contribution is 2.30. The molecule has 0 spiro atoms. The van der Waals surface area contributed by atoms with Crippen LogP contribution in [-0.4, -0.2) is 35.2 Å². The summed E-state index contributed by atoms with van der Waals surface area (Å²) in [6.45, 7) is 4.23. The van der Waals surface area contributed by atoms with Crippen LogP contribution in [0.3, 0.4) is 0 Å². The zero-order chi connectivity index (χ0) is 23.9. The Morgan fingerprint density at radius 1 is 1.03 bits per heavy atom. The number of nitrogens with zero attached hydrogens (tertiary/aromatic N) is 2. The second-order valence-electron chi connectivity index (χ2n) is 8.02. The van der Waals surface area contributed by atoms with Crippen molar-refractivity contribution in [1.29, 1.82) is 0 Å². The van der Waals surface area contributed by atoms with E-state index in [4.69, 9.17) is 27.9 Å². The molecule has 4 rings (SSSR count). The third kappa shape index (κ3) is 6.50. The molecule has 3 aromatic rings. The summed E-state index contributed by atoms with van der Waals surface area (Å²) in [6, 6.07) is 13.8. The van der Waals surface area contributed by atoms with Crippen molar-refractivity contribution in [2.45, 2.75) is 25.9 Å². The van der Waals surface area contributed by atoms with Gasteiger partial charge in [-0.2, -0.15) is 0 Å². The van der Waals surface area contributed by atoms with E-state index in [9.17, 15) is 4.79 Å². The van der Waals surface area contributed by atoms with Crippen LogP contribution in [0.4, 0.5) is 27.8 Å². The first-order chi connectivity index (χ1) is 16.5. The van der Waals surface area contributed by atoms with Crippen LogP contribution in [0, 0.1) is 5.92 Å². The number of nitrogens with one attached hydrogen (secondary N) is 4. The van der Waals surface area contributed by atoms with Gasteiger partial charge in [-0.1, -0.05) is 29.3 Å². The van der Waals surface area contributed by atoms with Crippen molar-refractivity contribution >= 4 is 52.2 Å². The van der Waals surface area contributed by atoms with Crippen molar-refractivity contribution in [1.82, 2.24) is 15.3 Å². The molecule has 1 aliphatic heterocycles. The van der Waals surface area contributed by atoms with Gasteiger partial charge in [-0.15, -0.1) is 0 Å². The Morgan fingerprint density at radius 2 is 1.71 bits per heavy atom. The minimum atomic E-state index is -0.524. The predicted molar refractivity (Wildman–Crippen MR) is 137 cm³/mol. The molecule has 0 saturated carbocycles. The van der Waals surface area contributed by atoms with Crippen molar-refractivity contribution in [2.75, 3.05) is 29.0 Å². The number of amides is 2. The molecule has 2 aromatic carbocycles. The summed E-state index contributed by atoms with van der Waals surface area (Å²) in [5.41, 5.74) is 1.16. The van der Waals surface area contributed by atoms with E-state index in [0.29, 0.717) is 33.3 Å². The van der Waals surface area contributed by atoms with Gasteiger partial charge < -0.3 is 20.7 Å². The maximum absolute atomic E-state index is 12.4. The lowest BCUT2D eigenvalue weighted by molar-refractivity contribution is 0.128. The van der Waals surface area contributed by atoms with Crippen molar-refractivity contribution in [3.05, 3.63) is 64.9 Å². The standard InChI is InChI=1S/C24H26Cl2N6O2/c1-15(16-9-11-27-12-10-16)34-18-7-5-17(6-8-18)30-21-13-22(29-14-28-21)31-24(33)32-23-19(25)3-2-4-20(23)26/h2-8,13-16,27H,9-12H2,1H3,(H3,28,29,30,31,32,33). The fourth-order valence-corrected chi connectivity index (χ4v) is 4.25. The molecular weight excluding hydrogens is 475 g/mol. The first-order valence-corrected chi connectivity index (χ1v) is 11.8. The normalized spacial score (nSPS) is 14.8. The van der Waals surface area contributed by atoms with Crippen molar-refractivity contribution in [3.63, 3.8) is 0 Å². The Balaban J connectivity index is 1.33. The lowest BCUT2D eigenvalue weighted by Crippen LogP contribution is -2.35. The van der Waals surface area contributed by atoms with E-state index in [2.05, 4.69) is 38.2 Å². The summed E-state index contributed by atoms with van der Waals surface area (Å²) in [5, 5.41) is 12.5. The minimum Gasteiger partial charge on any atom is -0.490 e. The summed E-state index contributed by atoms with van der Waals surface area (Å²) in [5.74, 6) is 2.24. The average Bonchev–Trinajstić information content (AvgIpc) is 2.83. The molecule has 1 fully saturated rings. The number of hydrogen-bond donors (Lipinski definition) is 4. The molecule has 4 N–H and O–H groups in total. The zero-order valence-corrected chi connectivity index (χ0v) is 20.2. The van der Waals surface area contributed by atoms with E-state index >= 15 is 0 Å². The van der Waals surface area contributed by atoms with E-state index in [1.54, 1.807) is 24.3 Å². The van der Waals surface area contributed by atoms with E-state index in [-0.39, 0.29) is 6.10 Å². The van der Waals surface area contributed by atoms with Gasteiger partial charge in [-0.05, 0) is 75.2 Å². The van der Waals surface area contributed by atoms with Gasteiger partial charge >= 0.3 is 6.03 Å². The molecular formula is C24H26Cl2N6O2. The number of para-hydroxylation sites is 1. The summed E-state index contributed by atoms with van der Waals surface area (Å²) in [7, 11) is 0. The van der Waals surface area contributed by atoms with Crippen LogP contribution in [-0.2, 0) is 0 Å². The number of benzene rings is 2. The molecule has 1 saturated heterocycles. The van der Waals surface area contributed by atoms with Crippen molar-refractivity contribution in [2.24, 2.45) is 5.92 Å². The van der Waals surface area contributed by atoms with E-state index in [0.717, 1.165) is 37.4 Å². The van der Waals surface area contributed by atoms with E-state index in [1.165, 1.54) is 6.33 Å². The molecule has 2 heterocycles. The highest BCUT2D eigenvalue weighted by Gasteiger charge is 2.21. The van der Waals surface area contributed by atoms with Crippen LogP contribution in [0.25, 0.3) is 0 Å². The number of urea groups is 1. The van der Waals surface area contributed by atoms with Crippen LogP contribution in [0.1, 0.15) is 19.8 Å². The number of hydrogen-bond acceptors (Lipinski definition) is 6. The van der Waals surface area contributed by atoms with E-state index in [1.807, 2.05) is 24.3 Å². The lowest BCUT2D eigenvalue weighted by Gasteiger charge is -2.28. The molecule has 1 unspecified atom stereocenters. The number of anilines is 4. The Morgan fingerprint density at radius 3 is 2.41 bits per heavy atom. The third-order valence-electron chi connectivity index (χ3n) is 5.61. The van der Waals surface area contributed by atoms with Crippen LogP contribution in [0.5, 0.6) is 5.75 Å². The Bertz CT molecular complexity index is 1100. The monoisotopic (exact) mass is 500 g/mol. The van der Waals surface area contributed by atoms with Crippen LogP contribution < -0.4 is 26.0 Å². The van der Waals surface area contributed by atoms with Crippen molar-refractivity contribution in [3.8, 4) is 5.75 Å². The van der Waals surface area contributed by atoms with Gasteiger partial charge in [-0.25, -0.2) is 14.8 Å². The lowest BCUT2D eigenvalue weighted by atomic mass is 9.93. The SMILES string of the molecule is CC(Oc1ccc(Nc2cc(NC(=O)Nc3c(Cl)cccc3Cl)ncn2)cc1)C1CCNCC1. The van der Waals surface area contributed by atoms with Gasteiger partial charge in [0.15, 0.2) is 0 Å². The molecule has 0 radical (unpaired) electrons. The maximum Gasteiger partial charge on any atom is 0.324 e. The van der Waals surface area contributed by atoms with Crippen LogP contribution >= 0.6 is 23.2 Å². The second-order valence-corrected chi connectivity index (χ2v) is 8.84. The number of ether oxygens (including phenoxy) is 1. The zero-order valence-electron chi connectivity index (χ0n) is 18.6. The second kappa shape index (κ2) is 11.4. The first kappa shape index (κ1) is 24.1. The van der Waals surface area contributed by atoms with Gasteiger partial charge in [0, 0.05) is 11.8 Å². The summed E-state index contributed by atoms with van der Waals surface area (Å²) >= 11 is 12.2. The number of rotatable bonds is 7. The van der Waals surface area contributed by atoms with Gasteiger partial charge in [0.1, 0.15) is 23.7 Å². The Hall–Kier alpha value is -3.07. The van der Waals surface area contributed by atoms with Gasteiger partial charge in [-0.3, -0.25) is 5.32 Å². The number of piperidine rings is 1. The highest BCUT2D eigenvalue weighted by atomic mass is 35.5. The fraction of sp³-hybridized carbons (Fsp3) is 0.292. The number of carbonyl (C=O) groups is 1. The third-order valence-corrected chi connectivity index (χ3v) is 6.24. The highest BCUT2D eigenvalue weighted by molar-refractivity contribution is 6.39. The van der Waals surface area contributed by atoms with Gasteiger partial charge in [0.2, 0.25) is 0 Å². The van der Waals surface area contributed by atoms with Crippen molar-refractivity contribution < 1.29 is 9.53 Å². The molecule has 34 heavy (non-hydrogen) atoms. The summed E-state index contributed by atoms with van der Waals surface area (Å²) in [4.78, 5) is 20.7. The first-order valence-electron chi connectivity index (χ1n) is 11.1. The molecule has 1 atom stereocenters. The summed E-state index contributed by atoms with van der Waals surface area (Å²) in [6.07, 6.45) is 3.80. The summed E-state index contributed by atoms with van der Waals surface area (Å²) < 4.78 is 6.13. The number of carbonyl (C=O) groups excluding carboxylic acids is 1. The fourth-order valence-electron chi connectivity index (χ4n) is 3.76. The maximum atomic E-state index is 12.4. The quantitative estimate of drug-likeness (QED) is 0.320. The smallest absolute Gasteiger partial charge is 0.324 e. The number of aromatic nitrogens is 2. The predicted octanol–water partition coefficient (Wildman–Crippen LogP) is 5.94. The Labute approximate surface area is 208 Å². The molecule has 1 aromatic heterocycles. The molecule has 0 aliphatic carbocycles. The van der Waals surface area contributed by atoms with Gasteiger partial charge in [0.05, 0.1) is 21.8 Å². The average molecular weight is 501 g/mol. The van der Waals surface area contributed by atoms with Gasteiger partial charge in [0.25, 0.3) is 0 Å². The number of halogens is 2. The minimum absolute atomic E-state index is 0.170.